The van der Waals surface area contributed by atoms with Crippen LogP contribution in [0.3, 0.4) is 0 Å². The number of rotatable bonds is 10. The Labute approximate surface area is 322 Å². The monoisotopic (exact) mass is 780 g/mol. The molecule has 15 heteroatoms. The van der Waals surface area contributed by atoms with Crippen LogP contribution in [0.15, 0.2) is 45.1 Å². The molecule has 0 aromatic carbocycles. The number of carbonyl (C=O) groups excluding carboxylic acids is 5. The highest BCUT2D eigenvalue weighted by molar-refractivity contribution is 5.98. The first-order valence-corrected chi connectivity index (χ1v) is 19.4. The molecule has 9 aliphatic rings. The Kier molecular flexibility index (Phi) is 7.81. The highest BCUT2D eigenvalue weighted by atomic mass is 16.7. The highest BCUT2D eigenvalue weighted by Crippen LogP contribution is 2.85. The van der Waals surface area contributed by atoms with Crippen LogP contribution in [0.25, 0.3) is 0 Å². The quantitative estimate of drug-likeness (QED) is 0.139. The topological polar surface area (TPSA) is 222 Å². The number of ether oxygens (including phenoxy) is 6. The van der Waals surface area contributed by atoms with E-state index < -0.39 is 87.8 Å². The van der Waals surface area contributed by atoms with E-state index in [4.69, 9.17) is 23.7 Å². The first-order valence-electron chi connectivity index (χ1n) is 19.4. The molecule has 5 saturated carbocycles. The van der Waals surface area contributed by atoms with E-state index in [0.29, 0.717) is 29.6 Å². The molecule has 4 N–H and O–H groups in total. The summed E-state index contributed by atoms with van der Waals surface area (Å²) in [6, 6.07) is 0. The van der Waals surface area contributed by atoms with E-state index >= 15 is 0 Å². The number of hydrogen-bond acceptors (Lipinski definition) is 15. The summed E-state index contributed by atoms with van der Waals surface area (Å²) in [7, 11) is 2.54. The SMILES string of the molecule is COC(=O)CCC(=O)OCC1=C2CC3[C@](O)(COC(=O)/C(C)=C/CO)C4CC4[C@]3(C)C3C[C@@]4(O)C5=C(C6=C(C)C(=O)O[C@@]6(OC)C(O)[C@@]5(C)C5CC54)C23OC1=O. The molecule has 0 aromatic heterocycles. The fourth-order valence-electron chi connectivity index (χ4n) is 13.3. The van der Waals surface area contributed by atoms with Gasteiger partial charge in [0.1, 0.15) is 24.9 Å². The lowest BCUT2D eigenvalue weighted by molar-refractivity contribution is -0.256. The predicted molar refractivity (Wildman–Crippen MR) is 187 cm³/mol. The molecule has 7 aliphatic carbocycles. The van der Waals surface area contributed by atoms with Crippen molar-refractivity contribution in [3.63, 3.8) is 0 Å². The molecule has 2 heterocycles. The van der Waals surface area contributed by atoms with Gasteiger partial charge in [-0.25, -0.2) is 14.4 Å². The van der Waals surface area contributed by atoms with Crippen LogP contribution in [-0.2, 0) is 52.4 Å². The number of fused-ring (bicyclic) bond motifs is 9. The second kappa shape index (κ2) is 11.6. The molecule has 0 bridgehead atoms. The largest absolute Gasteiger partial charge is 0.469 e. The number of hydrogen-bond donors (Lipinski definition) is 4. The summed E-state index contributed by atoms with van der Waals surface area (Å²) in [4.78, 5) is 65.8. The van der Waals surface area contributed by atoms with Gasteiger partial charge in [0, 0.05) is 46.7 Å². The van der Waals surface area contributed by atoms with Gasteiger partial charge in [0.2, 0.25) is 0 Å². The maximum Gasteiger partial charge on any atom is 0.338 e. The third-order valence-electron chi connectivity index (χ3n) is 15.9. The Morgan fingerprint density at radius 2 is 1.61 bits per heavy atom. The van der Waals surface area contributed by atoms with Crippen LogP contribution in [0.1, 0.15) is 66.2 Å². The van der Waals surface area contributed by atoms with Gasteiger partial charge in [0.25, 0.3) is 5.79 Å². The summed E-state index contributed by atoms with van der Waals surface area (Å²) in [6.45, 7) is 5.68. The average molecular weight is 781 g/mol. The molecular weight excluding hydrogens is 732 g/mol. The maximum atomic E-state index is 14.5. The molecule has 5 fully saturated rings. The van der Waals surface area contributed by atoms with Crippen LogP contribution in [0.5, 0.6) is 0 Å². The van der Waals surface area contributed by atoms with Crippen LogP contribution in [0.4, 0.5) is 0 Å². The van der Waals surface area contributed by atoms with Crippen molar-refractivity contribution in [3.8, 4) is 0 Å². The van der Waals surface area contributed by atoms with Gasteiger partial charge in [0.15, 0.2) is 5.60 Å². The number of aliphatic hydroxyl groups excluding tert-OH is 2. The second-order valence-corrected chi connectivity index (χ2v) is 17.9. The fraction of sp³-hybridized carbons (Fsp3) is 0.683. The average Bonchev–Trinajstić information content (AvgIpc) is 4.08. The van der Waals surface area contributed by atoms with Crippen molar-refractivity contribution in [2.24, 2.45) is 46.3 Å². The van der Waals surface area contributed by atoms with E-state index in [-0.39, 0.29) is 84.9 Å². The van der Waals surface area contributed by atoms with Gasteiger partial charge in [-0.05, 0) is 85.8 Å². The first-order chi connectivity index (χ1) is 26.4. The van der Waals surface area contributed by atoms with Gasteiger partial charge in [0.05, 0.1) is 37.7 Å². The summed E-state index contributed by atoms with van der Waals surface area (Å²) in [5, 5.41) is 47.7. The molecule has 56 heavy (non-hydrogen) atoms. The zero-order valence-corrected chi connectivity index (χ0v) is 32.3. The molecule has 0 amide bonds. The van der Waals surface area contributed by atoms with E-state index in [2.05, 4.69) is 4.74 Å². The second-order valence-electron chi connectivity index (χ2n) is 17.9. The zero-order valence-electron chi connectivity index (χ0n) is 32.3. The lowest BCUT2D eigenvalue weighted by Crippen LogP contribution is -2.69. The summed E-state index contributed by atoms with van der Waals surface area (Å²) in [5.74, 6) is -7.88. The summed E-state index contributed by atoms with van der Waals surface area (Å²) < 4.78 is 34.8. The molecule has 2 aliphatic heterocycles. The number of aliphatic hydroxyl groups is 4. The molecule has 8 unspecified atom stereocenters. The van der Waals surface area contributed by atoms with Gasteiger partial charge in [-0.2, -0.15) is 0 Å². The minimum Gasteiger partial charge on any atom is -0.469 e. The molecular formula is C41H48O15. The number of methoxy groups -OCH3 is 2. The minimum atomic E-state index is -1.99. The van der Waals surface area contributed by atoms with Crippen LogP contribution in [-0.4, -0.2) is 113 Å². The molecule has 13 atom stereocenters. The van der Waals surface area contributed by atoms with E-state index in [1.807, 2.05) is 13.8 Å². The minimum absolute atomic E-state index is 0.0196. The van der Waals surface area contributed by atoms with Crippen molar-refractivity contribution in [2.75, 3.05) is 34.0 Å². The summed E-state index contributed by atoms with van der Waals surface area (Å²) >= 11 is 0. The fourth-order valence-corrected chi connectivity index (χ4v) is 13.3. The highest BCUT2D eigenvalue weighted by Gasteiger charge is 2.87. The van der Waals surface area contributed by atoms with Crippen LogP contribution < -0.4 is 0 Å². The molecule has 15 nitrogen and oxygen atoms in total. The number of carbonyl (C=O) groups is 5. The first kappa shape index (κ1) is 37.7. The van der Waals surface area contributed by atoms with Crippen molar-refractivity contribution >= 4 is 29.8 Å². The van der Waals surface area contributed by atoms with Crippen LogP contribution >= 0.6 is 0 Å². The molecule has 0 saturated heterocycles. The molecule has 0 aromatic rings. The van der Waals surface area contributed by atoms with Crippen molar-refractivity contribution in [2.45, 2.75) is 94.9 Å². The maximum absolute atomic E-state index is 14.5. The molecule has 9 rings (SSSR count). The van der Waals surface area contributed by atoms with Crippen molar-refractivity contribution < 1.29 is 72.8 Å². The van der Waals surface area contributed by atoms with Gasteiger partial charge in [-0.3, -0.25) is 9.59 Å². The Morgan fingerprint density at radius 1 is 0.911 bits per heavy atom. The molecule has 0 radical (unpaired) electrons. The third kappa shape index (κ3) is 4.23. The van der Waals surface area contributed by atoms with Crippen LogP contribution in [0.2, 0.25) is 0 Å². The normalized spacial score (nSPS) is 45.8. The predicted octanol–water partition coefficient (Wildman–Crippen LogP) is 1.26. The van der Waals surface area contributed by atoms with E-state index in [0.717, 1.165) is 0 Å². The number of esters is 5. The van der Waals surface area contributed by atoms with Crippen LogP contribution in [0, 0.1) is 46.3 Å². The molecule has 1 spiro atoms. The smallest absolute Gasteiger partial charge is 0.338 e. The van der Waals surface area contributed by atoms with Gasteiger partial charge >= 0.3 is 29.8 Å². The van der Waals surface area contributed by atoms with E-state index in [1.165, 1.54) is 27.2 Å². The van der Waals surface area contributed by atoms with Crippen molar-refractivity contribution in [1.82, 2.24) is 0 Å². The van der Waals surface area contributed by atoms with Crippen molar-refractivity contribution in [3.05, 3.63) is 45.1 Å². The Hall–Kier alpha value is -3.89. The van der Waals surface area contributed by atoms with Crippen molar-refractivity contribution in [1.29, 1.82) is 0 Å². The Bertz CT molecular complexity index is 2040. The Morgan fingerprint density at radius 3 is 2.29 bits per heavy atom. The van der Waals surface area contributed by atoms with E-state index in [1.54, 1.807) is 6.92 Å². The van der Waals surface area contributed by atoms with Gasteiger partial charge < -0.3 is 48.8 Å². The summed E-state index contributed by atoms with van der Waals surface area (Å²) in [5.41, 5.74) is -4.99. The van der Waals surface area contributed by atoms with Gasteiger partial charge in [-0.15, -0.1) is 0 Å². The molecule has 302 valence electrons. The zero-order chi connectivity index (χ0) is 40.3. The van der Waals surface area contributed by atoms with E-state index in [9.17, 15) is 44.4 Å². The summed E-state index contributed by atoms with van der Waals surface area (Å²) in [6.07, 6.45) is 0.658. The Balaban J connectivity index is 1.25. The van der Waals surface area contributed by atoms with Gasteiger partial charge in [-0.1, -0.05) is 13.8 Å². The lowest BCUT2D eigenvalue weighted by atomic mass is 9.42. The third-order valence-corrected chi connectivity index (χ3v) is 15.9. The lowest BCUT2D eigenvalue weighted by Gasteiger charge is -2.64. The standard InChI is InChI=1S/C41H48O15/c1-17(9-10-42)32(45)54-16-39(50)24-11-21(24)36(3)25(39)13-20-19(15-53-28(44)8-7-27(43)51-5)34(47)55-40(20)26(36)14-38(49)23-12-22(23)37(4)31(38)30(40)29-18(2)33(46)56-41(29,52-6)35(37)48/h9,21-26,35,42,48-50H,7-8,10-16H2,1-6H3/b17-9+/t21?,22?,23?,24?,25?,26?,35?,36-,37-,38-,39-,40?,41+/m0/s1.